The third-order valence-corrected chi connectivity index (χ3v) is 2.85. The van der Waals surface area contributed by atoms with Crippen LogP contribution >= 0.6 is 0 Å². The Bertz CT molecular complexity index is 690. The minimum absolute atomic E-state index is 0.209. The minimum Gasteiger partial charge on any atom is -0.379 e. The molecule has 0 aromatic heterocycles. The van der Waals surface area contributed by atoms with Gasteiger partial charge in [-0.05, 0) is 35.9 Å². The first kappa shape index (κ1) is 14.5. The van der Waals surface area contributed by atoms with Gasteiger partial charge in [0.25, 0.3) is 0 Å². The molecular weight excluding hydrogens is 269 g/mol. The average Bonchev–Trinajstić information content (AvgIpc) is 2.48. The van der Waals surface area contributed by atoms with Crippen molar-refractivity contribution in [1.82, 2.24) is 0 Å². The molecule has 2 rings (SSSR count). The number of hydrogen-bond donors (Lipinski definition) is 2. The summed E-state index contributed by atoms with van der Waals surface area (Å²) in [6.45, 7) is 1.82. The van der Waals surface area contributed by atoms with Crippen molar-refractivity contribution in [2.24, 2.45) is 0 Å². The first-order valence-corrected chi connectivity index (χ1v) is 6.38. The maximum atomic E-state index is 13.7. The topological polar surface area (TPSA) is 64.9 Å². The zero-order valence-electron chi connectivity index (χ0n) is 11.5. The van der Waals surface area contributed by atoms with E-state index in [4.69, 9.17) is 5.26 Å². The number of hydrogen-bond acceptors (Lipinski definition) is 3. The molecule has 0 atom stereocenters. The number of carbonyl (C=O) groups is 1. The van der Waals surface area contributed by atoms with Gasteiger partial charge in [-0.15, -0.1) is 0 Å². The van der Waals surface area contributed by atoms with Crippen LogP contribution in [0.5, 0.6) is 0 Å². The lowest BCUT2D eigenvalue weighted by molar-refractivity contribution is -0.114. The smallest absolute Gasteiger partial charge is 0.221 e. The predicted octanol–water partition coefficient (Wildman–Crippen LogP) is 3.27. The lowest BCUT2D eigenvalue weighted by Gasteiger charge is -2.10. The molecule has 0 aliphatic rings. The van der Waals surface area contributed by atoms with Crippen LogP contribution in [0.25, 0.3) is 0 Å². The van der Waals surface area contributed by atoms with E-state index >= 15 is 0 Å². The second-order valence-corrected chi connectivity index (χ2v) is 4.54. The molecule has 4 nitrogen and oxygen atoms in total. The van der Waals surface area contributed by atoms with E-state index < -0.39 is 5.82 Å². The van der Waals surface area contributed by atoms with Crippen LogP contribution in [0.3, 0.4) is 0 Å². The molecule has 2 aromatic rings. The number of rotatable bonds is 4. The number of nitrogens with zero attached hydrogens (tertiary/aromatic N) is 1. The summed E-state index contributed by atoms with van der Waals surface area (Å²) in [6.07, 6.45) is 0. The summed E-state index contributed by atoms with van der Waals surface area (Å²) in [5.74, 6) is -0.600. The molecule has 21 heavy (non-hydrogen) atoms. The molecule has 0 heterocycles. The van der Waals surface area contributed by atoms with Crippen molar-refractivity contribution in [2.45, 2.75) is 13.5 Å². The second-order valence-electron chi connectivity index (χ2n) is 4.54. The van der Waals surface area contributed by atoms with Gasteiger partial charge < -0.3 is 10.6 Å². The van der Waals surface area contributed by atoms with Gasteiger partial charge in [0.15, 0.2) is 0 Å². The van der Waals surface area contributed by atoms with Gasteiger partial charge in [-0.1, -0.05) is 12.1 Å². The molecule has 2 N–H and O–H groups in total. The van der Waals surface area contributed by atoms with Crippen molar-refractivity contribution >= 4 is 17.3 Å². The number of nitrogens with one attached hydrogen (secondary N) is 2. The van der Waals surface area contributed by atoms with E-state index in [1.807, 2.05) is 6.07 Å². The summed E-state index contributed by atoms with van der Waals surface area (Å²) < 4.78 is 13.7. The standard InChI is InChI=1S/C16H14FN3O/c1-11(21)20-14-6-7-15(17)16(8-14)19-10-13-4-2-12(9-18)3-5-13/h2-8,19H,10H2,1H3,(H,20,21). The quantitative estimate of drug-likeness (QED) is 0.905. The van der Waals surface area contributed by atoms with Gasteiger partial charge in [0.1, 0.15) is 5.82 Å². The highest BCUT2D eigenvalue weighted by molar-refractivity contribution is 5.89. The van der Waals surface area contributed by atoms with E-state index in [9.17, 15) is 9.18 Å². The summed E-state index contributed by atoms with van der Waals surface area (Å²) in [6, 6.07) is 13.4. The van der Waals surface area contributed by atoms with Crippen LogP contribution in [0.15, 0.2) is 42.5 Å². The van der Waals surface area contributed by atoms with E-state index in [0.29, 0.717) is 23.5 Å². The van der Waals surface area contributed by atoms with E-state index in [1.54, 1.807) is 30.3 Å². The highest BCUT2D eigenvalue weighted by Gasteiger charge is 2.04. The zero-order chi connectivity index (χ0) is 15.2. The van der Waals surface area contributed by atoms with Gasteiger partial charge in [-0.3, -0.25) is 4.79 Å². The summed E-state index contributed by atoms with van der Waals surface area (Å²) >= 11 is 0. The summed E-state index contributed by atoms with van der Waals surface area (Å²) in [5, 5.41) is 14.3. The van der Waals surface area contributed by atoms with Gasteiger partial charge in [-0.25, -0.2) is 4.39 Å². The number of amides is 1. The fourth-order valence-electron chi connectivity index (χ4n) is 1.84. The maximum Gasteiger partial charge on any atom is 0.221 e. The fraction of sp³-hybridized carbons (Fsp3) is 0.125. The summed E-state index contributed by atoms with van der Waals surface area (Å²) in [5.41, 5.74) is 2.35. The van der Waals surface area contributed by atoms with Crippen molar-refractivity contribution < 1.29 is 9.18 Å². The van der Waals surface area contributed by atoms with Gasteiger partial charge >= 0.3 is 0 Å². The molecule has 0 unspecified atom stereocenters. The number of nitriles is 1. The monoisotopic (exact) mass is 283 g/mol. The summed E-state index contributed by atoms with van der Waals surface area (Å²) in [4.78, 5) is 11.0. The van der Waals surface area contributed by atoms with E-state index in [1.165, 1.54) is 19.1 Å². The molecule has 2 aromatic carbocycles. The highest BCUT2D eigenvalue weighted by atomic mass is 19.1. The van der Waals surface area contributed by atoms with Crippen molar-refractivity contribution in [1.29, 1.82) is 5.26 Å². The lowest BCUT2D eigenvalue weighted by Crippen LogP contribution is -2.07. The molecule has 106 valence electrons. The van der Waals surface area contributed by atoms with Crippen LogP contribution in [0.2, 0.25) is 0 Å². The molecule has 0 spiro atoms. The Morgan fingerprint density at radius 1 is 1.24 bits per heavy atom. The molecule has 1 amide bonds. The Kier molecular flexibility index (Phi) is 4.52. The van der Waals surface area contributed by atoms with E-state index in [-0.39, 0.29) is 5.91 Å². The zero-order valence-corrected chi connectivity index (χ0v) is 11.5. The molecule has 0 aliphatic carbocycles. The molecule has 5 heteroatoms. The van der Waals surface area contributed by atoms with Gasteiger partial charge in [-0.2, -0.15) is 5.26 Å². The third kappa shape index (κ3) is 4.05. The van der Waals surface area contributed by atoms with Crippen LogP contribution < -0.4 is 10.6 Å². The van der Waals surface area contributed by atoms with Crippen molar-refractivity contribution in [3.63, 3.8) is 0 Å². The Labute approximate surface area is 122 Å². The molecule has 0 saturated carbocycles. The van der Waals surface area contributed by atoms with Crippen LogP contribution in [-0.2, 0) is 11.3 Å². The van der Waals surface area contributed by atoms with E-state index in [0.717, 1.165) is 5.56 Å². The first-order valence-electron chi connectivity index (χ1n) is 6.38. The number of halogens is 1. The molecular formula is C16H14FN3O. The molecule has 0 bridgehead atoms. The average molecular weight is 283 g/mol. The Hall–Kier alpha value is -2.87. The lowest BCUT2D eigenvalue weighted by atomic mass is 10.1. The predicted molar refractivity (Wildman–Crippen MR) is 79.2 cm³/mol. The Morgan fingerprint density at radius 2 is 1.95 bits per heavy atom. The SMILES string of the molecule is CC(=O)Nc1ccc(F)c(NCc2ccc(C#N)cc2)c1. The molecule has 0 saturated heterocycles. The van der Waals surface area contributed by atoms with Crippen molar-refractivity contribution in [2.75, 3.05) is 10.6 Å². The normalized spacial score (nSPS) is 9.76. The van der Waals surface area contributed by atoms with Crippen LogP contribution in [0.4, 0.5) is 15.8 Å². The Morgan fingerprint density at radius 3 is 2.57 bits per heavy atom. The van der Waals surface area contributed by atoms with Crippen molar-refractivity contribution in [3.8, 4) is 6.07 Å². The maximum absolute atomic E-state index is 13.7. The van der Waals surface area contributed by atoms with Gasteiger partial charge in [0.2, 0.25) is 5.91 Å². The highest BCUT2D eigenvalue weighted by Crippen LogP contribution is 2.20. The largest absolute Gasteiger partial charge is 0.379 e. The van der Waals surface area contributed by atoms with E-state index in [2.05, 4.69) is 10.6 Å². The van der Waals surface area contributed by atoms with Crippen LogP contribution in [0.1, 0.15) is 18.1 Å². The van der Waals surface area contributed by atoms with Gasteiger partial charge in [0.05, 0.1) is 17.3 Å². The molecule has 0 fully saturated rings. The fourth-order valence-corrected chi connectivity index (χ4v) is 1.84. The number of carbonyl (C=O) groups excluding carboxylic acids is 1. The second kappa shape index (κ2) is 6.53. The summed E-state index contributed by atoms with van der Waals surface area (Å²) in [7, 11) is 0. The third-order valence-electron chi connectivity index (χ3n) is 2.85. The Balaban J connectivity index is 2.08. The molecule has 0 aliphatic heterocycles. The number of benzene rings is 2. The van der Waals surface area contributed by atoms with Crippen LogP contribution in [0, 0.1) is 17.1 Å². The first-order chi connectivity index (χ1) is 10.1. The van der Waals surface area contributed by atoms with Gasteiger partial charge in [0, 0.05) is 19.2 Å². The number of anilines is 2. The molecule has 0 radical (unpaired) electrons. The van der Waals surface area contributed by atoms with Crippen molar-refractivity contribution in [3.05, 3.63) is 59.4 Å². The van der Waals surface area contributed by atoms with Crippen LogP contribution in [-0.4, -0.2) is 5.91 Å². The minimum atomic E-state index is -0.391.